The molecule has 2 aromatic rings. The summed E-state index contributed by atoms with van der Waals surface area (Å²) in [5.41, 5.74) is 4.56. The van der Waals surface area contributed by atoms with Crippen LogP contribution in [0.3, 0.4) is 0 Å². The van der Waals surface area contributed by atoms with Crippen LogP contribution in [0, 0.1) is 6.92 Å². The fourth-order valence-electron chi connectivity index (χ4n) is 3.69. The van der Waals surface area contributed by atoms with Gasteiger partial charge in [0, 0.05) is 37.2 Å². The Hall–Kier alpha value is -2.67. The molecule has 2 heterocycles. The Balaban J connectivity index is 1.67. The first kappa shape index (κ1) is 19.1. The van der Waals surface area contributed by atoms with E-state index in [0.717, 1.165) is 29.7 Å². The topological polar surface area (TPSA) is 98.3 Å². The highest BCUT2D eigenvalue weighted by molar-refractivity contribution is 5.87. The predicted molar refractivity (Wildman–Crippen MR) is 102 cm³/mol. The van der Waals surface area contributed by atoms with Crippen molar-refractivity contribution in [1.29, 1.82) is 0 Å². The molecule has 1 aliphatic rings. The number of piperidine rings is 1. The highest BCUT2D eigenvalue weighted by Crippen LogP contribution is 2.34. The Kier molecular flexibility index (Phi) is 5.91. The number of benzene rings is 1. The van der Waals surface area contributed by atoms with Crippen molar-refractivity contribution >= 4 is 11.8 Å². The van der Waals surface area contributed by atoms with Crippen molar-refractivity contribution in [3.8, 4) is 11.1 Å². The van der Waals surface area contributed by atoms with E-state index in [-0.39, 0.29) is 11.8 Å². The van der Waals surface area contributed by atoms with Crippen LogP contribution in [-0.2, 0) is 9.59 Å². The molecule has 0 radical (unpaired) electrons. The third-order valence-electron chi connectivity index (χ3n) is 5.07. The molecule has 1 aromatic heterocycles. The average Bonchev–Trinajstić information content (AvgIpc) is 3.15. The smallest absolute Gasteiger partial charge is 0.247 e. The van der Waals surface area contributed by atoms with Gasteiger partial charge in [0.25, 0.3) is 0 Å². The minimum absolute atomic E-state index is 0.227. The summed E-state index contributed by atoms with van der Waals surface area (Å²) in [7, 11) is 0. The van der Waals surface area contributed by atoms with E-state index < -0.39 is 12.6 Å². The molecule has 1 aliphatic heterocycles. The van der Waals surface area contributed by atoms with Gasteiger partial charge in [-0.3, -0.25) is 14.7 Å². The molecule has 1 saturated heterocycles. The molecule has 2 amide bonds. The Morgan fingerprint density at radius 2 is 2.11 bits per heavy atom. The zero-order valence-electron chi connectivity index (χ0n) is 15.7. The Bertz CT molecular complexity index is 809. The number of aromatic amines is 1. The van der Waals surface area contributed by atoms with Gasteiger partial charge in [-0.15, -0.1) is 0 Å². The summed E-state index contributed by atoms with van der Waals surface area (Å²) >= 11 is 0. The highest BCUT2D eigenvalue weighted by Gasteiger charge is 2.30. The summed E-state index contributed by atoms with van der Waals surface area (Å²) in [6.45, 7) is 4.20. The largest absolute Gasteiger partial charge is 0.394 e. The number of carbonyl (C=O) groups is 2. The van der Waals surface area contributed by atoms with Crippen LogP contribution < -0.4 is 5.32 Å². The fraction of sp³-hybridized carbons (Fsp3) is 0.450. The number of likely N-dealkylation sites (tertiary alicyclic amines) is 1. The highest BCUT2D eigenvalue weighted by atomic mass is 16.3. The third-order valence-corrected chi connectivity index (χ3v) is 5.07. The molecule has 0 bridgehead atoms. The van der Waals surface area contributed by atoms with Crippen LogP contribution in [0.4, 0.5) is 0 Å². The van der Waals surface area contributed by atoms with Crippen molar-refractivity contribution in [3.63, 3.8) is 0 Å². The van der Waals surface area contributed by atoms with E-state index in [4.69, 9.17) is 0 Å². The van der Waals surface area contributed by atoms with Gasteiger partial charge in [-0.25, -0.2) is 0 Å². The van der Waals surface area contributed by atoms with Crippen molar-refractivity contribution in [2.45, 2.75) is 38.6 Å². The molecule has 3 N–H and O–H groups in total. The van der Waals surface area contributed by atoms with Crippen molar-refractivity contribution in [1.82, 2.24) is 20.4 Å². The van der Waals surface area contributed by atoms with Crippen LogP contribution in [0.15, 0.2) is 30.5 Å². The lowest BCUT2D eigenvalue weighted by atomic mass is 9.89. The monoisotopic (exact) mass is 370 g/mol. The summed E-state index contributed by atoms with van der Waals surface area (Å²) in [5, 5.41) is 19.3. The molecule has 7 heteroatoms. The first-order valence-electron chi connectivity index (χ1n) is 9.26. The number of aliphatic hydroxyl groups is 1. The number of H-pyrrole nitrogens is 1. The second kappa shape index (κ2) is 8.35. The number of amides is 2. The standard InChI is InChI=1S/C20H26N4O3/c1-13-4-3-5-16(10-13)17-11-21-23-19(17)15-6-8-24(9-7-15)20(27)18(12-25)22-14(2)26/h3-5,10-11,15,18,25H,6-9,12H2,1-2H3,(H,21,23)(H,22,26)/t18-/m0/s1. The number of aromatic nitrogens is 2. The van der Waals surface area contributed by atoms with Crippen molar-refractivity contribution in [2.75, 3.05) is 19.7 Å². The van der Waals surface area contributed by atoms with Gasteiger partial charge >= 0.3 is 0 Å². The molecule has 27 heavy (non-hydrogen) atoms. The van der Waals surface area contributed by atoms with Crippen LogP contribution in [0.5, 0.6) is 0 Å². The quantitative estimate of drug-likeness (QED) is 0.744. The second-order valence-electron chi connectivity index (χ2n) is 7.10. The summed E-state index contributed by atoms with van der Waals surface area (Å²) in [6.07, 6.45) is 3.48. The number of aryl methyl sites for hydroxylation is 1. The minimum Gasteiger partial charge on any atom is -0.394 e. The summed E-state index contributed by atoms with van der Waals surface area (Å²) in [4.78, 5) is 25.4. The molecular weight excluding hydrogens is 344 g/mol. The molecule has 7 nitrogen and oxygen atoms in total. The van der Waals surface area contributed by atoms with E-state index in [9.17, 15) is 14.7 Å². The lowest BCUT2D eigenvalue weighted by molar-refractivity contribution is -0.138. The van der Waals surface area contributed by atoms with Crippen molar-refractivity contribution < 1.29 is 14.7 Å². The van der Waals surface area contributed by atoms with Gasteiger partial charge in [-0.05, 0) is 25.3 Å². The first-order valence-corrected chi connectivity index (χ1v) is 9.26. The maximum absolute atomic E-state index is 12.5. The molecule has 0 aliphatic carbocycles. The van der Waals surface area contributed by atoms with Crippen LogP contribution >= 0.6 is 0 Å². The van der Waals surface area contributed by atoms with E-state index in [2.05, 4.69) is 40.6 Å². The number of hydrogen-bond acceptors (Lipinski definition) is 4. The third kappa shape index (κ3) is 4.36. The van der Waals surface area contributed by atoms with Crippen LogP contribution in [0.25, 0.3) is 11.1 Å². The maximum Gasteiger partial charge on any atom is 0.247 e. The average molecular weight is 370 g/mol. The number of aliphatic hydroxyl groups excluding tert-OH is 1. The number of hydrogen-bond donors (Lipinski definition) is 3. The normalized spacial score (nSPS) is 16.2. The van der Waals surface area contributed by atoms with E-state index >= 15 is 0 Å². The molecule has 1 aromatic carbocycles. The van der Waals surface area contributed by atoms with Gasteiger partial charge in [-0.1, -0.05) is 29.8 Å². The van der Waals surface area contributed by atoms with Gasteiger partial charge in [0.1, 0.15) is 6.04 Å². The van der Waals surface area contributed by atoms with Gasteiger partial charge in [0.05, 0.1) is 12.8 Å². The van der Waals surface area contributed by atoms with Crippen LogP contribution in [0.1, 0.15) is 36.9 Å². The van der Waals surface area contributed by atoms with E-state index in [0.29, 0.717) is 19.0 Å². The molecular formula is C20H26N4O3. The van der Waals surface area contributed by atoms with Crippen LogP contribution in [0.2, 0.25) is 0 Å². The zero-order chi connectivity index (χ0) is 19.4. The number of nitrogens with one attached hydrogen (secondary N) is 2. The summed E-state index contributed by atoms with van der Waals surface area (Å²) in [5.74, 6) is -0.257. The minimum atomic E-state index is -0.867. The SMILES string of the molecule is CC(=O)N[C@@H](CO)C(=O)N1CCC(c2[nH]ncc2-c2cccc(C)c2)CC1. The summed E-state index contributed by atoms with van der Waals surface area (Å²) < 4.78 is 0. The number of rotatable bonds is 5. The molecule has 0 unspecified atom stereocenters. The van der Waals surface area contributed by atoms with Crippen LogP contribution in [-0.4, -0.2) is 57.8 Å². The zero-order valence-corrected chi connectivity index (χ0v) is 15.7. The fourth-order valence-corrected chi connectivity index (χ4v) is 3.69. The van der Waals surface area contributed by atoms with Crippen molar-refractivity contribution in [2.24, 2.45) is 0 Å². The molecule has 3 rings (SSSR count). The Labute approximate surface area is 158 Å². The predicted octanol–water partition coefficient (Wildman–Crippen LogP) is 1.59. The van der Waals surface area contributed by atoms with Gasteiger partial charge < -0.3 is 15.3 Å². The van der Waals surface area contributed by atoms with E-state index in [1.807, 2.05) is 12.3 Å². The molecule has 1 atom stereocenters. The van der Waals surface area contributed by atoms with Crippen molar-refractivity contribution in [3.05, 3.63) is 41.7 Å². The Morgan fingerprint density at radius 1 is 1.37 bits per heavy atom. The first-order chi connectivity index (χ1) is 13.0. The molecule has 144 valence electrons. The molecule has 0 saturated carbocycles. The second-order valence-corrected chi connectivity index (χ2v) is 7.10. The van der Waals surface area contributed by atoms with Gasteiger partial charge in [0.2, 0.25) is 11.8 Å². The Morgan fingerprint density at radius 3 is 2.74 bits per heavy atom. The van der Waals surface area contributed by atoms with E-state index in [1.165, 1.54) is 12.5 Å². The summed E-state index contributed by atoms with van der Waals surface area (Å²) in [6, 6.07) is 7.47. The molecule has 1 fully saturated rings. The maximum atomic E-state index is 12.5. The number of nitrogens with zero attached hydrogens (tertiary/aromatic N) is 2. The van der Waals surface area contributed by atoms with Gasteiger partial charge in [-0.2, -0.15) is 5.10 Å². The lowest BCUT2D eigenvalue weighted by Gasteiger charge is -2.34. The molecule has 0 spiro atoms. The number of carbonyl (C=O) groups excluding carboxylic acids is 2. The lowest BCUT2D eigenvalue weighted by Crippen LogP contribution is -2.51. The van der Waals surface area contributed by atoms with E-state index in [1.54, 1.807) is 4.90 Å². The van der Waals surface area contributed by atoms with Gasteiger partial charge in [0.15, 0.2) is 0 Å².